The third-order valence-corrected chi connectivity index (χ3v) is 10.2. The Balaban J connectivity index is 1.37. The van der Waals surface area contributed by atoms with Crippen LogP contribution in [0.3, 0.4) is 0 Å². The highest BCUT2D eigenvalue weighted by molar-refractivity contribution is 8.01. The van der Waals surface area contributed by atoms with E-state index in [2.05, 4.69) is 87.7 Å². The summed E-state index contributed by atoms with van der Waals surface area (Å²) in [6.07, 6.45) is 12.2. The second kappa shape index (κ2) is 14.2. The lowest BCUT2D eigenvalue weighted by Crippen LogP contribution is -2.08. The Kier molecular flexibility index (Phi) is 9.91. The van der Waals surface area contributed by atoms with Gasteiger partial charge >= 0.3 is 0 Å². The Bertz CT molecular complexity index is 1630. The molecule has 4 aromatic rings. The molecule has 0 saturated carbocycles. The van der Waals surface area contributed by atoms with Crippen LogP contribution in [0.25, 0.3) is 0 Å². The van der Waals surface area contributed by atoms with Gasteiger partial charge in [-0.15, -0.1) is 0 Å². The van der Waals surface area contributed by atoms with E-state index in [1.165, 1.54) is 30.1 Å². The van der Waals surface area contributed by atoms with Crippen molar-refractivity contribution in [3.8, 4) is 17.2 Å². The summed E-state index contributed by atoms with van der Waals surface area (Å²) in [6.45, 7) is 12.5. The van der Waals surface area contributed by atoms with Crippen LogP contribution >= 0.6 is 11.8 Å². The van der Waals surface area contributed by atoms with Gasteiger partial charge in [-0.25, -0.2) is 0 Å². The first-order chi connectivity index (χ1) is 20.5. The molecule has 1 unspecified atom stereocenters. The molecule has 0 fully saturated rings. The maximum Gasteiger partial charge on any atom is 0.168 e. The highest BCUT2D eigenvalue weighted by atomic mass is 32.2. The Morgan fingerprint density at radius 1 is 0.833 bits per heavy atom. The summed E-state index contributed by atoms with van der Waals surface area (Å²) in [6, 6.07) is 33.4. The molecular formula is C38H35O2S2+. The van der Waals surface area contributed by atoms with E-state index < -0.39 is 0 Å². The van der Waals surface area contributed by atoms with Crippen molar-refractivity contribution in [3.63, 3.8) is 0 Å². The topological polar surface area (TPSA) is 18.5 Å². The average molecular weight is 588 g/mol. The molecule has 0 aromatic heterocycles. The quantitative estimate of drug-likeness (QED) is 0.128. The summed E-state index contributed by atoms with van der Waals surface area (Å²) in [4.78, 5) is 6.01. The van der Waals surface area contributed by atoms with Gasteiger partial charge in [0, 0.05) is 16.2 Å². The number of para-hydroxylation sites is 1. The van der Waals surface area contributed by atoms with Crippen LogP contribution in [0.15, 0.2) is 176 Å². The molecule has 0 heterocycles. The summed E-state index contributed by atoms with van der Waals surface area (Å²) in [5, 5.41) is 0. The van der Waals surface area contributed by atoms with Gasteiger partial charge in [-0.1, -0.05) is 61.3 Å². The van der Waals surface area contributed by atoms with Gasteiger partial charge in [0.1, 0.15) is 23.0 Å². The Hall–Kier alpha value is -4.12. The van der Waals surface area contributed by atoms with Crippen LogP contribution in [-0.4, -0.2) is 0 Å². The van der Waals surface area contributed by atoms with Gasteiger partial charge in [0.2, 0.25) is 0 Å². The molecule has 210 valence electrons. The molecule has 4 heteroatoms. The van der Waals surface area contributed by atoms with Crippen LogP contribution in [-0.2, 0) is 10.9 Å². The van der Waals surface area contributed by atoms with Crippen molar-refractivity contribution in [2.24, 2.45) is 0 Å². The zero-order chi connectivity index (χ0) is 29.3. The molecule has 42 heavy (non-hydrogen) atoms. The Morgan fingerprint density at radius 2 is 1.50 bits per heavy atom. The molecule has 0 radical (unpaired) electrons. The van der Waals surface area contributed by atoms with E-state index in [-0.39, 0.29) is 10.9 Å². The summed E-state index contributed by atoms with van der Waals surface area (Å²) in [5.41, 5.74) is 2.26. The van der Waals surface area contributed by atoms with E-state index >= 15 is 0 Å². The van der Waals surface area contributed by atoms with E-state index in [9.17, 15) is 0 Å². The lowest BCUT2D eigenvalue weighted by atomic mass is 10.2. The number of rotatable bonds is 11. The smallest absolute Gasteiger partial charge is 0.168 e. The van der Waals surface area contributed by atoms with Crippen LogP contribution in [0.1, 0.15) is 25.3 Å². The number of aryl methyl sites for hydroxylation is 1. The van der Waals surface area contributed by atoms with Crippen LogP contribution in [0, 0.1) is 6.92 Å². The molecule has 2 nitrogen and oxygen atoms in total. The minimum absolute atomic E-state index is 0.347. The van der Waals surface area contributed by atoms with E-state index in [1.807, 2.05) is 66.7 Å². The summed E-state index contributed by atoms with van der Waals surface area (Å²) < 4.78 is 12.1. The minimum Gasteiger partial charge on any atom is -0.462 e. The second-order valence-electron chi connectivity index (χ2n) is 9.94. The summed E-state index contributed by atoms with van der Waals surface area (Å²) >= 11 is 1.77. The highest BCUT2D eigenvalue weighted by Gasteiger charge is 2.32. The fraction of sp³-hybridized carbons (Fsp3) is 0.105. The third-order valence-electron chi connectivity index (χ3n) is 6.61. The molecule has 1 aliphatic carbocycles. The molecule has 1 atom stereocenters. The first kappa shape index (κ1) is 29.4. The fourth-order valence-electron chi connectivity index (χ4n) is 4.53. The maximum atomic E-state index is 6.05. The predicted molar refractivity (Wildman–Crippen MR) is 179 cm³/mol. The first-order valence-corrected chi connectivity index (χ1v) is 16.0. The number of hydrogen-bond acceptors (Lipinski definition) is 3. The summed E-state index contributed by atoms with van der Waals surface area (Å²) in [5.74, 6) is 3.52. The van der Waals surface area contributed by atoms with Gasteiger partial charge < -0.3 is 9.47 Å². The largest absolute Gasteiger partial charge is 0.462 e. The van der Waals surface area contributed by atoms with Crippen molar-refractivity contribution in [2.45, 2.75) is 46.3 Å². The van der Waals surface area contributed by atoms with Gasteiger partial charge in [0.15, 0.2) is 14.7 Å². The number of benzene rings is 4. The first-order valence-electron chi connectivity index (χ1n) is 14.0. The van der Waals surface area contributed by atoms with E-state index in [0.29, 0.717) is 0 Å². The van der Waals surface area contributed by atoms with Crippen molar-refractivity contribution in [1.29, 1.82) is 0 Å². The van der Waals surface area contributed by atoms with E-state index in [4.69, 9.17) is 9.47 Å². The zero-order valence-electron chi connectivity index (χ0n) is 24.1. The fourth-order valence-corrected chi connectivity index (χ4v) is 7.68. The van der Waals surface area contributed by atoms with E-state index in [1.54, 1.807) is 11.8 Å². The molecule has 0 amide bonds. The molecule has 0 spiro atoms. The number of hydrogen-bond donors (Lipinski definition) is 0. The zero-order valence-corrected chi connectivity index (χ0v) is 25.7. The monoisotopic (exact) mass is 587 g/mol. The van der Waals surface area contributed by atoms with Crippen molar-refractivity contribution in [1.82, 2.24) is 0 Å². The van der Waals surface area contributed by atoms with Crippen LogP contribution in [0.2, 0.25) is 0 Å². The third kappa shape index (κ3) is 7.58. The van der Waals surface area contributed by atoms with Gasteiger partial charge in [0.05, 0.1) is 10.9 Å². The van der Waals surface area contributed by atoms with Crippen LogP contribution < -0.4 is 9.47 Å². The lowest BCUT2D eigenvalue weighted by molar-refractivity contribution is 0.402. The van der Waals surface area contributed by atoms with Gasteiger partial charge in [-0.05, 0) is 122 Å². The maximum absolute atomic E-state index is 6.05. The highest BCUT2D eigenvalue weighted by Crippen LogP contribution is 2.38. The summed E-state index contributed by atoms with van der Waals surface area (Å²) in [7, 11) is -0.347. The molecule has 4 aromatic carbocycles. The van der Waals surface area contributed by atoms with Crippen LogP contribution in [0.4, 0.5) is 0 Å². The number of ether oxygens (including phenoxy) is 2. The minimum atomic E-state index is -0.347. The molecular weight excluding hydrogens is 553 g/mol. The van der Waals surface area contributed by atoms with Gasteiger partial charge in [-0.2, -0.15) is 0 Å². The lowest BCUT2D eigenvalue weighted by Gasteiger charge is -2.14. The molecule has 1 aliphatic rings. The molecule has 0 bridgehead atoms. The van der Waals surface area contributed by atoms with Gasteiger partial charge in [0.25, 0.3) is 0 Å². The van der Waals surface area contributed by atoms with Gasteiger partial charge in [-0.3, -0.25) is 0 Å². The van der Waals surface area contributed by atoms with Crippen molar-refractivity contribution in [2.75, 3.05) is 0 Å². The SMILES string of the molecule is C=C/C=C(\C(=C)C)[S+](c1ccc(Oc2ccccc2)cc1)c1ccc(Sc2ccc(OC3=CC=CCC3)cc2)c(C)c1. The molecule has 0 saturated heterocycles. The molecule has 5 rings (SSSR count). The second-order valence-corrected chi connectivity index (χ2v) is 13.1. The van der Waals surface area contributed by atoms with Crippen LogP contribution in [0.5, 0.6) is 17.2 Å². The standard InChI is InChI=1S/C38H35O2S2/c1-5-12-38(28(2)3)42(35-23-19-33(20-24-35)40-31-15-10-7-11-16-31)36-25-26-37(29(4)27-36)41-34-21-17-32(18-22-34)39-30-13-8-6-9-14-30/h5-8,10-13,15-27H,1-2,9,14H2,3-4H3/q+1/b38-12+. The number of allylic oxidation sites excluding steroid dienone is 7. The normalized spacial score (nSPS) is 13.7. The average Bonchev–Trinajstić information content (AvgIpc) is 3.01. The van der Waals surface area contributed by atoms with Crippen molar-refractivity contribution >= 4 is 22.7 Å². The van der Waals surface area contributed by atoms with E-state index in [0.717, 1.165) is 41.4 Å². The molecule has 0 N–H and O–H groups in total. The molecule has 0 aliphatic heterocycles. The predicted octanol–water partition coefficient (Wildman–Crippen LogP) is 11.2. The Labute approximate surface area is 257 Å². The van der Waals surface area contributed by atoms with Crippen molar-refractivity contribution in [3.05, 3.63) is 162 Å². The Morgan fingerprint density at radius 3 is 2.14 bits per heavy atom. The van der Waals surface area contributed by atoms with Crippen molar-refractivity contribution < 1.29 is 9.47 Å².